The van der Waals surface area contributed by atoms with Crippen molar-refractivity contribution in [1.29, 1.82) is 0 Å². The van der Waals surface area contributed by atoms with E-state index in [1.165, 1.54) is 44.6 Å². The molecule has 0 bridgehead atoms. The Bertz CT molecular complexity index is 344. The molecule has 0 aliphatic carbocycles. The van der Waals surface area contributed by atoms with Crippen LogP contribution in [-0.4, -0.2) is 36.1 Å². The van der Waals surface area contributed by atoms with Crippen LogP contribution in [0, 0.1) is 11.8 Å². The number of hydrogen-bond acceptors (Lipinski definition) is 3. The summed E-state index contributed by atoms with van der Waals surface area (Å²) in [6.45, 7) is 10.4. The third-order valence-corrected chi connectivity index (χ3v) is 3.83. The van der Waals surface area contributed by atoms with Gasteiger partial charge in [-0.3, -0.25) is 9.88 Å². The first-order chi connectivity index (χ1) is 9.24. The molecule has 3 nitrogen and oxygen atoms in total. The monoisotopic (exact) mass is 261 g/mol. The topological polar surface area (TPSA) is 28.2 Å². The molecule has 0 radical (unpaired) electrons. The Morgan fingerprint density at radius 2 is 2.37 bits per heavy atom. The lowest BCUT2D eigenvalue weighted by Gasteiger charge is -2.26. The lowest BCUT2D eigenvalue weighted by molar-refractivity contribution is 0.217. The molecule has 0 amide bonds. The molecule has 2 rings (SSSR count). The van der Waals surface area contributed by atoms with Gasteiger partial charge in [0.15, 0.2) is 0 Å². The van der Waals surface area contributed by atoms with Gasteiger partial charge in [-0.1, -0.05) is 19.9 Å². The number of rotatable bonds is 7. The number of nitrogens with one attached hydrogen (secondary N) is 1. The highest BCUT2D eigenvalue weighted by molar-refractivity contribution is 5.08. The van der Waals surface area contributed by atoms with Gasteiger partial charge in [-0.15, -0.1) is 0 Å². The van der Waals surface area contributed by atoms with E-state index in [9.17, 15) is 0 Å². The number of aromatic nitrogens is 1. The summed E-state index contributed by atoms with van der Waals surface area (Å²) < 4.78 is 0. The van der Waals surface area contributed by atoms with E-state index in [0.29, 0.717) is 0 Å². The smallest absolute Gasteiger partial charge is 0.0312 e. The molecular weight excluding hydrogens is 234 g/mol. The van der Waals surface area contributed by atoms with Crippen LogP contribution < -0.4 is 5.32 Å². The maximum Gasteiger partial charge on any atom is 0.0312 e. The van der Waals surface area contributed by atoms with E-state index in [2.05, 4.69) is 35.1 Å². The molecule has 3 heteroatoms. The van der Waals surface area contributed by atoms with Crippen molar-refractivity contribution in [3.05, 3.63) is 30.1 Å². The Balaban J connectivity index is 1.88. The van der Waals surface area contributed by atoms with Gasteiger partial charge in [-0.25, -0.2) is 0 Å². The van der Waals surface area contributed by atoms with Crippen LogP contribution in [-0.2, 0) is 6.54 Å². The summed E-state index contributed by atoms with van der Waals surface area (Å²) in [5.41, 5.74) is 1.33. The van der Waals surface area contributed by atoms with Crippen molar-refractivity contribution in [2.45, 2.75) is 33.2 Å². The summed E-state index contributed by atoms with van der Waals surface area (Å²) in [6.07, 6.45) is 6.45. The van der Waals surface area contributed by atoms with Gasteiger partial charge in [-0.05, 0) is 55.9 Å². The number of hydrogen-bond donors (Lipinski definition) is 1. The maximum atomic E-state index is 4.23. The van der Waals surface area contributed by atoms with Crippen molar-refractivity contribution >= 4 is 0 Å². The number of pyridine rings is 1. The Morgan fingerprint density at radius 3 is 3.00 bits per heavy atom. The van der Waals surface area contributed by atoms with E-state index >= 15 is 0 Å². The Labute approximate surface area is 117 Å². The van der Waals surface area contributed by atoms with Gasteiger partial charge < -0.3 is 5.32 Å². The van der Waals surface area contributed by atoms with Crippen LogP contribution in [0.4, 0.5) is 0 Å². The fourth-order valence-electron chi connectivity index (χ4n) is 2.66. The minimum absolute atomic E-state index is 0.776. The average Bonchev–Trinajstić information content (AvgIpc) is 2.90. The molecule has 2 heterocycles. The minimum Gasteiger partial charge on any atom is -0.316 e. The predicted octanol–water partition coefficient (Wildman–Crippen LogP) is 2.54. The highest BCUT2D eigenvalue weighted by Gasteiger charge is 2.18. The zero-order chi connectivity index (χ0) is 13.5. The second-order valence-corrected chi connectivity index (χ2v) is 6.14. The second-order valence-electron chi connectivity index (χ2n) is 6.14. The maximum absolute atomic E-state index is 4.23. The molecular formula is C16H27N3. The Kier molecular flexibility index (Phi) is 5.80. The highest BCUT2D eigenvalue weighted by Crippen LogP contribution is 2.14. The van der Waals surface area contributed by atoms with Gasteiger partial charge in [0, 0.05) is 25.5 Å². The summed E-state index contributed by atoms with van der Waals surface area (Å²) >= 11 is 0. The second kappa shape index (κ2) is 7.61. The molecule has 1 aliphatic rings. The molecule has 106 valence electrons. The molecule has 1 fully saturated rings. The molecule has 0 saturated carbocycles. The average molecular weight is 261 g/mol. The standard InChI is InChI=1S/C16H27N3/c1-14(2)6-9-19(13-16-5-8-18-11-16)12-15-4-3-7-17-10-15/h3-4,7,10,14,16,18H,5-6,8-9,11-13H2,1-2H3. The van der Waals surface area contributed by atoms with E-state index in [0.717, 1.165) is 18.4 Å². The first kappa shape index (κ1) is 14.5. The van der Waals surface area contributed by atoms with E-state index in [-0.39, 0.29) is 0 Å². The van der Waals surface area contributed by atoms with Crippen molar-refractivity contribution in [2.24, 2.45) is 11.8 Å². The molecule has 19 heavy (non-hydrogen) atoms. The largest absolute Gasteiger partial charge is 0.316 e. The molecule has 0 spiro atoms. The van der Waals surface area contributed by atoms with Gasteiger partial charge >= 0.3 is 0 Å². The zero-order valence-corrected chi connectivity index (χ0v) is 12.3. The summed E-state index contributed by atoms with van der Waals surface area (Å²) in [5, 5.41) is 3.47. The van der Waals surface area contributed by atoms with E-state index < -0.39 is 0 Å². The van der Waals surface area contributed by atoms with Gasteiger partial charge in [-0.2, -0.15) is 0 Å². The van der Waals surface area contributed by atoms with Crippen LogP contribution in [0.25, 0.3) is 0 Å². The van der Waals surface area contributed by atoms with Crippen LogP contribution in [0.15, 0.2) is 24.5 Å². The molecule has 1 unspecified atom stereocenters. The van der Waals surface area contributed by atoms with E-state index in [1.54, 1.807) is 0 Å². The van der Waals surface area contributed by atoms with Crippen LogP contribution in [0.1, 0.15) is 32.3 Å². The summed E-state index contributed by atoms with van der Waals surface area (Å²) in [7, 11) is 0. The Hall–Kier alpha value is -0.930. The van der Waals surface area contributed by atoms with Crippen LogP contribution in [0.3, 0.4) is 0 Å². The molecule has 1 aromatic rings. The van der Waals surface area contributed by atoms with Crippen molar-refractivity contribution in [3.63, 3.8) is 0 Å². The summed E-state index contributed by atoms with van der Waals surface area (Å²) in [5.74, 6) is 1.60. The molecule has 1 aromatic heterocycles. The molecule has 1 saturated heterocycles. The van der Waals surface area contributed by atoms with Crippen molar-refractivity contribution < 1.29 is 0 Å². The SMILES string of the molecule is CC(C)CCN(Cc1cccnc1)CC1CCNC1. The van der Waals surface area contributed by atoms with E-state index in [4.69, 9.17) is 0 Å². The predicted molar refractivity (Wildman–Crippen MR) is 79.9 cm³/mol. The van der Waals surface area contributed by atoms with Crippen molar-refractivity contribution in [2.75, 3.05) is 26.2 Å². The quantitative estimate of drug-likeness (QED) is 0.817. The minimum atomic E-state index is 0.776. The number of nitrogens with zero attached hydrogens (tertiary/aromatic N) is 2. The molecule has 1 atom stereocenters. The lowest BCUT2D eigenvalue weighted by Crippen LogP contribution is -2.31. The fourth-order valence-corrected chi connectivity index (χ4v) is 2.66. The molecule has 1 aliphatic heterocycles. The van der Waals surface area contributed by atoms with Gasteiger partial charge in [0.05, 0.1) is 0 Å². The first-order valence-electron chi connectivity index (χ1n) is 7.56. The lowest BCUT2D eigenvalue weighted by atomic mass is 10.1. The van der Waals surface area contributed by atoms with E-state index in [1.807, 2.05) is 18.5 Å². The first-order valence-corrected chi connectivity index (χ1v) is 7.56. The normalized spacial score (nSPS) is 19.5. The van der Waals surface area contributed by atoms with Crippen molar-refractivity contribution in [1.82, 2.24) is 15.2 Å². The Morgan fingerprint density at radius 1 is 1.47 bits per heavy atom. The van der Waals surface area contributed by atoms with Gasteiger partial charge in [0.1, 0.15) is 0 Å². The summed E-state index contributed by atoms with van der Waals surface area (Å²) in [4.78, 5) is 6.83. The third kappa shape index (κ3) is 5.29. The van der Waals surface area contributed by atoms with Gasteiger partial charge in [0.2, 0.25) is 0 Å². The molecule has 0 aromatic carbocycles. The fraction of sp³-hybridized carbons (Fsp3) is 0.688. The van der Waals surface area contributed by atoms with Crippen LogP contribution in [0.2, 0.25) is 0 Å². The van der Waals surface area contributed by atoms with Crippen LogP contribution in [0.5, 0.6) is 0 Å². The summed E-state index contributed by atoms with van der Waals surface area (Å²) in [6, 6.07) is 4.22. The zero-order valence-electron chi connectivity index (χ0n) is 12.3. The van der Waals surface area contributed by atoms with Crippen LogP contribution >= 0.6 is 0 Å². The highest BCUT2D eigenvalue weighted by atomic mass is 15.1. The van der Waals surface area contributed by atoms with Crippen molar-refractivity contribution in [3.8, 4) is 0 Å². The molecule has 1 N–H and O–H groups in total. The third-order valence-electron chi connectivity index (χ3n) is 3.83. The van der Waals surface area contributed by atoms with Gasteiger partial charge in [0.25, 0.3) is 0 Å².